The Bertz CT molecular complexity index is 491. The molecule has 0 radical (unpaired) electrons. The van der Waals surface area contributed by atoms with Gasteiger partial charge in [0.05, 0.1) is 5.69 Å². The predicted molar refractivity (Wildman–Crippen MR) is 69.1 cm³/mol. The first-order chi connectivity index (χ1) is 8.36. The van der Waals surface area contributed by atoms with Crippen LogP contribution >= 0.6 is 0 Å². The fourth-order valence-corrected chi connectivity index (χ4v) is 1.55. The molecule has 0 saturated carbocycles. The first kappa shape index (κ1) is 14.4. The Morgan fingerprint density at radius 3 is 2.50 bits per heavy atom. The summed E-state index contributed by atoms with van der Waals surface area (Å²) >= 11 is 0. The number of carbonyl (C=O) groups excluding carboxylic acids is 1. The quantitative estimate of drug-likeness (QED) is 0.467. The molecule has 100 valence electrons. The Morgan fingerprint density at radius 1 is 1.44 bits per heavy atom. The Balaban J connectivity index is 3.38. The molecule has 0 aliphatic heterocycles. The second-order valence-electron chi connectivity index (χ2n) is 4.99. The molecule has 0 fully saturated rings. The van der Waals surface area contributed by atoms with Gasteiger partial charge in [0.25, 0.3) is 11.5 Å². The van der Waals surface area contributed by atoms with Crippen molar-refractivity contribution in [2.24, 2.45) is 11.8 Å². The van der Waals surface area contributed by atoms with Crippen molar-refractivity contribution in [1.82, 2.24) is 15.2 Å². The van der Waals surface area contributed by atoms with Gasteiger partial charge in [0.15, 0.2) is 0 Å². The molecule has 0 spiro atoms. The third kappa shape index (κ3) is 3.16. The number of amides is 1. The molecule has 0 unspecified atom stereocenters. The van der Waals surface area contributed by atoms with E-state index in [2.05, 4.69) is 5.10 Å². The van der Waals surface area contributed by atoms with Crippen molar-refractivity contribution in [2.75, 3.05) is 0 Å². The fraction of sp³-hybridized carbons (Fsp3) is 0.583. The molecule has 6 heteroatoms. The highest BCUT2D eigenvalue weighted by molar-refractivity contribution is 5.93. The van der Waals surface area contributed by atoms with Crippen molar-refractivity contribution in [3.63, 3.8) is 0 Å². The number of carbonyl (C=O) groups is 1. The molecule has 18 heavy (non-hydrogen) atoms. The molecule has 0 atom stereocenters. The van der Waals surface area contributed by atoms with Crippen LogP contribution in [-0.2, 0) is 6.54 Å². The molecule has 6 nitrogen and oxygen atoms in total. The lowest BCUT2D eigenvalue weighted by Gasteiger charge is -2.13. The first-order valence-corrected chi connectivity index (χ1v) is 5.99. The number of hydrogen-bond acceptors (Lipinski definition) is 4. The SMILES string of the molecule is CC(C)Cn1nc(C(C)C)cc(C(=O)NN)c1=O. The lowest BCUT2D eigenvalue weighted by atomic mass is 10.1. The van der Waals surface area contributed by atoms with Gasteiger partial charge in [-0.3, -0.25) is 15.0 Å². The van der Waals surface area contributed by atoms with Gasteiger partial charge in [0, 0.05) is 6.54 Å². The molecule has 1 rings (SSSR count). The third-order valence-corrected chi connectivity index (χ3v) is 2.50. The summed E-state index contributed by atoms with van der Waals surface area (Å²) in [5, 5.41) is 4.27. The van der Waals surface area contributed by atoms with E-state index in [-0.39, 0.29) is 17.4 Å². The van der Waals surface area contributed by atoms with Crippen LogP contribution in [0.1, 0.15) is 49.7 Å². The van der Waals surface area contributed by atoms with E-state index in [1.165, 1.54) is 10.7 Å². The van der Waals surface area contributed by atoms with Crippen LogP contribution in [0.3, 0.4) is 0 Å². The Morgan fingerprint density at radius 2 is 2.06 bits per heavy atom. The Labute approximate surface area is 106 Å². The highest BCUT2D eigenvalue weighted by Gasteiger charge is 2.16. The molecule has 0 aliphatic carbocycles. The average Bonchev–Trinajstić information content (AvgIpc) is 2.29. The lowest BCUT2D eigenvalue weighted by molar-refractivity contribution is 0.0950. The van der Waals surface area contributed by atoms with Crippen LogP contribution in [0.5, 0.6) is 0 Å². The van der Waals surface area contributed by atoms with Crippen LogP contribution in [0.2, 0.25) is 0 Å². The number of hydrazine groups is 1. The van der Waals surface area contributed by atoms with Gasteiger partial charge in [0.2, 0.25) is 0 Å². The number of nitrogens with zero attached hydrogens (tertiary/aromatic N) is 2. The van der Waals surface area contributed by atoms with Crippen LogP contribution in [0.25, 0.3) is 0 Å². The Kier molecular flexibility index (Phi) is 4.61. The van der Waals surface area contributed by atoms with E-state index in [4.69, 9.17) is 5.84 Å². The summed E-state index contributed by atoms with van der Waals surface area (Å²) < 4.78 is 1.34. The van der Waals surface area contributed by atoms with E-state index in [9.17, 15) is 9.59 Å². The number of aromatic nitrogens is 2. The molecule has 3 N–H and O–H groups in total. The maximum atomic E-state index is 12.1. The van der Waals surface area contributed by atoms with Gasteiger partial charge >= 0.3 is 0 Å². The number of nitrogens with two attached hydrogens (primary N) is 1. The minimum Gasteiger partial charge on any atom is -0.290 e. The number of hydrogen-bond donors (Lipinski definition) is 2. The standard InChI is InChI=1S/C12H20N4O2/c1-7(2)6-16-12(18)9(11(17)14-13)5-10(15-16)8(3)4/h5,7-8H,6,13H2,1-4H3,(H,14,17). The van der Waals surface area contributed by atoms with E-state index in [1.807, 2.05) is 33.1 Å². The second-order valence-corrected chi connectivity index (χ2v) is 4.99. The van der Waals surface area contributed by atoms with Gasteiger partial charge in [-0.2, -0.15) is 5.10 Å². The average molecular weight is 252 g/mol. The molecule has 0 bridgehead atoms. The highest BCUT2D eigenvalue weighted by Crippen LogP contribution is 2.11. The summed E-state index contributed by atoms with van der Waals surface area (Å²) in [6, 6.07) is 1.51. The monoisotopic (exact) mass is 252 g/mol. The normalized spacial score (nSPS) is 11.1. The summed E-state index contributed by atoms with van der Waals surface area (Å²) in [5.74, 6) is 4.90. The van der Waals surface area contributed by atoms with E-state index >= 15 is 0 Å². The molecule has 0 aliphatic rings. The fourth-order valence-electron chi connectivity index (χ4n) is 1.55. The van der Waals surface area contributed by atoms with Gasteiger partial charge in [0.1, 0.15) is 5.56 Å². The summed E-state index contributed by atoms with van der Waals surface area (Å²) in [4.78, 5) is 23.6. The predicted octanol–water partition coefficient (Wildman–Crippen LogP) is 0.626. The summed E-state index contributed by atoms with van der Waals surface area (Å²) in [7, 11) is 0. The zero-order valence-corrected chi connectivity index (χ0v) is 11.2. The largest absolute Gasteiger partial charge is 0.290 e. The summed E-state index contributed by atoms with van der Waals surface area (Å²) in [6.07, 6.45) is 0. The molecule has 1 heterocycles. The maximum Gasteiger partial charge on any atom is 0.279 e. The van der Waals surface area contributed by atoms with Crippen LogP contribution in [0, 0.1) is 5.92 Å². The smallest absolute Gasteiger partial charge is 0.279 e. The number of nitrogen functional groups attached to an aromatic ring is 1. The third-order valence-electron chi connectivity index (χ3n) is 2.50. The molecule has 1 amide bonds. The van der Waals surface area contributed by atoms with Crippen molar-refractivity contribution in [1.29, 1.82) is 0 Å². The Hall–Kier alpha value is -1.69. The zero-order chi connectivity index (χ0) is 13.9. The van der Waals surface area contributed by atoms with Crippen LogP contribution in [0.15, 0.2) is 10.9 Å². The molecular weight excluding hydrogens is 232 g/mol. The maximum absolute atomic E-state index is 12.1. The number of nitrogens with one attached hydrogen (secondary N) is 1. The molecule has 1 aromatic rings. The molecule has 0 aromatic carbocycles. The second kappa shape index (κ2) is 5.77. The van der Waals surface area contributed by atoms with E-state index in [1.54, 1.807) is 0 Å². The van der Waals surface area contributed by atoms with Crippen molar-refractivity contribution in [3.05, 3.63) is 27.7 Å². The summed E-state index contributed by atoms with van der Waals surface area (Å²) in [6.45, 7) is 8.36. The minimum atomic E-state index is -0.582. The van der Waals surface area contributed by atoms with Gasteiger partial charge in [-0.15, -0.1) is 0 Å². The van der Waals surface area contributed by atoms with Crippen LogP contribution in [-0.4, -0.2) is 15.7 Å². The van der Waals surface area contributed by atoms with Gasteiger partial charge < -0.3 is 0 Å². The molecular formula is C12H20N4O2. The lowest BCUT2D eigenvalue weighted by Crippen LogP contribution is -2.38. The van der Waals surface area contributed by atoms with Gasteiger partial charge in [-0.1, -0.05) is 27.7 Å². The number of rotatable bonds is 4. The van der Waals surface area contributed by atoms with Crippen molar-refractivity contribution in [2.45, 2.75) is 40.2 Å². The van der Waals surface area contributed by atoms with Crippen molar-refractivity contribution in [3.8, 4) is 0 Å². The minimum absolute atomic E-state index is 0.0388. The van der Waals surface area contributed by atoms with E-state index in [0.29, 0.717) is 12.2 Å². The van der Waals surface area contributed by atoms with Gasteiger partial charge in [-0.25, -0.2) is 10.5 Å². The topological polar surface area (TPSA) is 90.0 Å². The molecule has 0 saturated heterocycles. The van der Waals surface area contributed by atoms with E-state index in [0.717, 1.165) is 0 Å². The first-order valence-electron chi connectivity index (χ1n) is 5.99. The molecule has 1 aromatic heterocycles. The zero-order valence-electron chi connectivity index (χ0n) is 11.2. The van der Waals surface area contributed by atoms with Crippen molar-refractivity contribution >= 4 is 5.91 Å². The van der Waals surface area contributed by atoms with Crippen LogP contribution in [0.4, 0.5) is 0 Å². The van der Waals surface area contributed by atoms with E-state index < -0.39 is 11.5 Å². The summed E-state index contributed by atoms with van der Waals surface area (Å²) in [5.41, 5.74) is 2.32. The highest BCUT2D eigenvalue weighted by atomic mass is 16.2. The van der Waals surface area contributed by atoms with Crippen molar-refractivity contribution < 1.29 is 4.79 Å². The van der Waals surface area contributed by atoms with Crippen LogP contribution < -0.4 is 16.8 Å². The van der Waals surface area contributed by atoms with Gasteiger partial charge in [-0.05, 0) is 17.9 Å².